The summed E-state index contributed by atoms with van der Waals surface area (Å²) in [5, 5.41) is 3.28. The summed E-state index contributed by atoms with van der Waals surface area (Å²) in [6.45, 7) is 2.75. The lowest BCUT2D eigenvalue weighted by Crippen LogP contribution is -2.16. The van der Waals surface area contributed by atoms with Gasteiger partial charge in [-0.1, -0.05) is 201 Å². The highest BCUT2D eigenvalue weighted by molar-refractivity contribution is 6.41. The first-order chi connectivity index (χ1) is 31.1. The molecule has 1 amide bonds. The Balaban J connectivity index is 1.60. The first-order valence-corrected chi connectivity index (χ1v) is 21.4. The van der Waals surface area contributed by atoms with Crippen LogP contribution in [0, 0.1) is 0 Å². The Bertz CT molecular complexity index is 2820. The number of amides is 1. The zero-order chi connectivity index (χ0) is 43.2. The van der Waals surface area contributed by atoms with Gasteiger partial charge in [-0.3, -0.25) is 4.79 Å². The van der Waals surface area contributed by atoms with E-state index in [0.717, 1.165) is 79.0 Å². The molecule has 0 saturated carbocycles. The highest BCUT2D eigenvalue weighted by Gasteiger charge is 2.29. The number of nitrogens with one attached hydrogen (secondary N) is 1. The van der Waals surface area contributed by atoms with Crippen LogP contribution in [0.25, 0.3) is 33.4 Å². The number of allylic oxidation sites excluding steroid dienone is 4. The second-order valence-electron chi connectivity index (χ2n) is 15.0. The topological polar surface area (TPSA) is 47.6 Å². The Kier molecular flexibility index (Phi) is 13.6. The van der Waals surface area contributed by atoms with Gasteiger partial charge in [-0.05, 0) is 104 Å². The molecule has 0 heterocycles. The lowest BCUT2D eigenvalue weighted by atomic mass is 9.76. The molecule has 8 aromatic rings. The SMILES string of the molecule is CCCOc1ccc(\C(=C(/C(=C(\C(=C(/C(=O)Nc2ccc(OC)cc2)c2ccccc2)c2ccccc2)c2ccccc2)c2ccccc2)c2ccccc2)c2ccccc2)cc1. The van der Waals surface area contributed by atoms with E-state index in [2.05, 4.69) is 158 Å². The normalized spacial score (nSPS) is 12.3. The van der Waals surface area contributed by atoms with Crippen LogP contribution in [-0.4, -0.2) is 19.6 Å². The predicted octanol–water partition coefficient (Wildman–Crippen LogP) is 14.3. The van der Waals surface area contributed by atoms with Crippen LogP contribution in [0.1, 0.15) is 52.3 Å². The molecule has 8 rings (SSSR count). The lowest BCUT2D eigenvalue weighted by molar-refractivity contribution is -0.111. The first-order valence-electron chi connectivity index (χ1n) is 21.4. The molecule has 0 saturated heterocycles. The number of rotatable bonds is 15. The second-order valence-corrected chi connectivity index (χ2v) is 15.0. The number of benzene rings is 8. The van der Waals surface area contributed by atoms with E-state index in [9.17, 15) is 0 Å². The van der Waals surface area contributed by atoms with E-state index in [1.54, 1.807) is 7.11 Å². The molecule has 0 radical (unpaired) electrons. The van der Waals surface area contributed by atoms with Crippen molar-refractivity contribution in [3.05, 3.63) is 269 Å². The highest BCUT2D eigenvalue weighted by Crippen LogP contribution is 2.50. The van der Waals surface area contributed by atoms with E-state index in [4.69, 9.17) is 9.47 Å². The third-order valence-electron chi connectivity index (χ3n) is 10.8. The zero-order valence-electron chi connectivity index (χ0n) is 35.6. The van der Waals surface area contributed by atoms with Crippen molar-refractivity contribution < 1.29 is 14.3 Å². The molecule has 308 valence electrons. The third-order valence-corrected chi connectivity index (χ3v) is 10.8. The van der Waals surface area contributed by atoms with Gasteiger partial charge in [-0.25, -0.2) is 0 Å². The summed E-state index contributed by atoms with van der Waals surface area (Å²) in [6, 6.07) is 78.4. The molecule has 0 aliphatic rings. The van der Waals surface area contributed by atoms with Gasteiger partial charge >= 0.3 is 0 Å². The van der Waals surface area contributed by atoms with E-state index in [0.29, 0.717) is 23.6 Å². The van der Waals surface area contributed by atoms with Crippen LogP contribution >= 0.6 is 0 Å². The molecule has 0 unspecified atom stereocenters. The summed E-state index contributed by atoms with van der Waals surface area (Å²) >= 11 is 0. The minimum absolute atomic E-state index is 0.248. The van der Waals surface area contributed by atoms with E-state index in [-0.39, 0.29) is 5.91 Å². The van der Waals surface area contributed by atoms with Gasteiger partial charge in [0, 0.05) is 11.3 Å². The van der Waals surface area contributed by atoms with Crippen molar-refractivity contribution in [3.63, 3.8) is 0 Å². The highest BCUT2D eigenvalue weighted by atomic mass is 16.5. The molecule has 1 N–H and O–H groups in total. The number of hydrogen-bond donors (Lipinski definition) is 1. The van der Waals surface area contributed by atoms with Gasteiger partial charge in [-0.15, -0.1) is 0 Å². The second kappa shape index (κ2) is 20.5. The summed E-state index contributed by atoms with van der Waals surface area (Å²) in [5.41, 5.74) is 12.5. The number of carbonyl (C=O) groups excluding carboxylic acids is 1. The number of anilines is 1. The number of hydrogen-bond acceptors (Lipinski definition) is 3. The van der Waals surface area contributed by atoms with Crippen molar-refractivity contribution in [1.82, 2.24) is 0 Å². The Morgan fingerprint density at radius 1 is 0.381 bits per heavy atom. The average molecular weight is 820 g/mol. The molecule has 0 fully saturated rings. The Morgan fingerprint density at radius 3 is 1.13 bits per heavy atom. The molecule has 0 bridgehead atoms. The average Bonchev–Trinajstić information content (AvgIpc) is 3.36. The molecular formula is C59H49NO3. The Morgan fingerprint density at radius 2 is 0.714 bits per heavy atom. The fourth-order valence-electron chi connectivity index (χ4n) is 7.93. The molecule has 0 aliphatic carbocycles. The number of methoxy groups -OCH3 is 1. The van der Waals surface area contributed by atoms with Gasteiger partial charge in [0.15, 0.2) is 0 Å². The van der Waals surface area contributed by atoms with Gasteiger partial charge in [0.25, 0.3) is 5.91 Å². The summed E-state index contributed by atoms with van der Waals surface area (Å²) in [6.07, 6.45) is 0.920. The monoisotopic (exact) mass is 819 g/mol. The number of ether oxygens (including phenoxy) is 2. The maximum absolute atomic E-state index is 15.5. The van der Waals surface area contributed by atoms with Crippen LogP contribution in [0.15, 0.2) is 231 Å². The smallest absolute Gasteiger partial charge is 0.256 e. The van der Waals surface area contributed by atoms with Crippen molar-refractivity contribution in [2.45, 2.75) is 13.3 Å². The molecule has 8 aromatic carbocycles. The van der Waals surface area contributed by atoms with Gasteiger partial charge in [0.2, 0.25) is 0 Å². The van der Waals surface area contributed by atoms with Gasteiger partial charge < -0.3 is 14.8 Å². The maximum Gasteiger partial charge on any atom is 0.256 e. The molecule has 63 heavy (non-hydrogen) atoms. The molecule has 0 atom stereocenters. The van der Waals surface area contributed by atoms with Gasteiger partial charge in [0.1, 0.15) is 11.5 Å². The minimum Gasteiger partial charge on any atom is -0.497 e. The van der Waals surface area contributed by atoms with Crippen LogP contribution in [0.2, 0.25) is 0 Å². The van der Waals surface area contributed by atoms with Crippen LogP contribution < -0.4 is 14.8 Å². The summed E-state index contributed by atoms with van der Waals surface area (Å²) < 4.78 is 11.6. The summed E-state index contributed by atoms with van der Waals surface area (Å²) in [5.74, 6) is 1.28. The van der Waals surface area contributed by atoms with E-state index < -0.39 is 0 Å². The van der Waals surface area contributed by atoms with Gasteiger partial charge in [0.05, 0.1) is 19.3 Å². The van der Waals surface area contributed by atoms with Crippen molar-refractivity contribution in [2.24, 2.45) is 0 Å². The molecule has 4 nitrogen and oxygen atoms in total. The molecular weight excluding hydrogens is 771 g/mol. The Labute approximate surface area is 371 Å². The van der Waals surface area contributed by atoms with Crippen LogP contribution in [-0.2, 0) is 4.79 Å². The van der Waals surface area contributed by atoms with Crippen molar-refractivity contribution in [1.29, 1.82) is 0 Å². The standard InChI is InChI=1S/C59H49NO3/c1-3-42-63-52-38-34-49(35-39-52)53(43-22-10-4-11-23-43)54(44-24-12-5-13-25-44)55(45-26-14-6-15-27-45)56(46-28-16-7-17-29-46)57(47-30-18-8-19-31-47)58(48-32-20-9-21-33-48)59(61)60-50-36-40-51(62-2)41-37-50/h4-41H,3,42H2,1-2H3,(H,60,61)/b54-53-,56-55-,58-57-. The van der Waals surface area contributed by atoms with Crippen molar-refractivity contribution >= 4 is 45.0 Å². The minimum atomic E-state index is -0.248. The summed E-state index contributed by atoms with van der Waals surface area (Å²) in [7, 11) is 1.64. The quantitative estimate of drug-likeness (QED) is 0.0637. The van der Waals surface area contributed by atoms with E-state index >= 15 is 4.79 Å². The van der Waals surface area contributed by atoms with Crippen molar-refractivity contribution in [3.8, 4) is 11.5 Å². The molecule has 0 spiro atoms. The fourth-order valence-corrected chi connectivity index (χ4v) is 7.93. The molecule has 0 aromatic heterocycles. The largest absolute Gasteiger partial charge is 0.497 e. The Hall–Kier alpha value is -7.95. The van der Waals surface area contributed by atoms with Crippen LogP contribution in [0.5, 0.6) is 11.5 Å². The van der Waals surface area contributed by atoms with Crippen molar-refractivity contribution in [2.75, 3.05) is 19.0 Å². The number of carbonyl (C=O) groups is 1. The first kappa shape index (κ1) is 41.8. The van der Waals surface area contributed by atoms with Crippen LogP contribution in [0.4, 0.5) is 5.69 Å². The van der Waals surface area contributed by atoms with Gasteiger partial charge in [-0.2, -0.15) is 0 Å². The van der Waals surface area contributed by atoms with E-state index in [1.807, 2.05) is 84.9 Å². The molecule has 4 heteroatoms. The summed E-state index contributed by atoms with van der Waals surface area (Å²) in [4.78, 5) is 15.5. The lowest BCUT2D eigenvalue weighted by Gasteiger charge is -2.27. The fraction of sp³-hybridized carbons (Fsp3) is 0.0678. The molecule has 0 aliphatic heterocycles. The van der Waals surface area contributed by atoms with E-state index in [1.165, 1.54) is 0 Å². The predicted molar refractivity (Wildman–Crippen MR) is 262 cm³/mol. The zero-order valence-corrected chi connectivity index (χ0v) is 35.6. The van der Waals surface area contributed by atoms with Crippen LogP contribution in [0.3, 0.4) is 0 Å². The maximum atomic E-state index is 15.5. The third kappa shape index (κ3) is 9.83.